The minimum atomic E-state index is -0.701. The molecule has 0 saturated heterocycles. The first-order valence-corrected chi connectivity index (χ1v) is 6.36. The highest BCUT2D eigenvalue weighted by Gasteiger charge is 2.15. The minimum absolute atomic E-state index is 0.368. The molecule has 0 spiro atoms. The van der Waals surface area contributed by atoms with Gasteiger partial charge in [-0.2, -0.15) is 5.26 Å². The summed E-state index contributed by atoms with van der Waals surface area (Å²) in [5.74, 6) is 0. The predicted octanol–water partition coefficient (Wildman–Crippen LogP) is 2.31. The third-order valence-corrected chi connectivity index (χ3v) is 3.24. The molecule has 2 aromatic carbocycles. The van der Waals surface area contributed by atoms with E-state index in [1.54, 1.807) is 12.1 Å². The molecule has 0 aromatic heterocycles. The lowest BCUT2D eigenvalue weighted by Crippen LogP contribution is -2.25. The number of aliphatic hydroxyl groups excluding tert-OH is 1. The number of nitrogen functional groups attached to an aromatic ring is 1. The van der Waals surface area contributed by atoms with E-state index in [2.05, 4.69) is 6.07 Å². The van der Waals surface area contributed by atoms with Crippen molar-refractivity contribution in [1.82, 2.24) is 0 Å². The number of hydrogen-bond acceptors (Lipinski definition) is 4. The Morgan fingerprint density at radius 3 is 2.55 bits per heavy atom. The van der Waals surface area contributed by atoms with Crippen LogP contribution >= 0.6 is 0 Å². The number of hydrogen-bond donors (Lipinski definition) is 2. The number of benzene rings is 2. The van der Waals surface area contributed by atoms with Gasteiger partial charge in [-0.3, -0.25) is 0 Å². The molecule has 2 aromatic rings. The van der Waals surface area contributed by atoms with Crippen molar-refractivity contribution in [3.8, 4) is 6.07 Å². The first kappa shape index (κ1) is 13.9. The van der Waals surface area contributed by atoms with Crippen molar-refractivity contribution in [2.24, 2.45) is 0 Å². The zero-order valence-electron chi connectivity index (χ0n) is 11.3. The molecule has 0 aliphatic carbocycles. The fraction of sp³-hybridized carbons (Fsp3) is 0.188. The number of anilines is 2. The maximum absolute atomic E-state index is 10.3. The molecular formula is C16H17N3O. The summed E-state index contributed by atoms with van der Waals surface area (Å²) < 4.78 is 0. The van der Waals surface area contributed by atoms with Gasteiger partial charge in [-0.05, 0) is 18.2 Å². The monoisotopic (exact) mass is 267 g/mol. The first-order chi connectivity index (χ1) is 9.63. The lowest BCUT2D eigenvalue weighted by molar-refractivity contribution is 0.186. The van der Waals surface area contributed by atoms with Crippen LogP contribution in [0.15, 0.2) is 48.5 Å². The van der Waals surface area contributed by atoms with Crippen LogP contribution in [-0.2, 0) is 0 Å². The molecule has 1 unspecified atom stereocenters. The number of para-hydroxylation sites is 2. The van der Waals surface area contributed by atoms with E-state index < -0.39 is 6.10 Å². The van der Waals surface area contributed by atoms with Gasteiger partial charge in [0.1, 0.15) is 6.07 Å². The van der Waals surface area contributed by atoms with E-state index in [0.29, 0.717) is 23.4 Å². The Kier molecular flexibility index (Phi) is 4.24. The van der Waals surface area contributed by atoms with Crippen LogP contribution in [0.2, 0.25) is 0 Å². The molecule has 0 saturated carbocycles. The average molecular weight is 267 g/mol. The molecule has 0 aliphatic rings. The van der Waals surface area contributed by atoms with Gasteiger partial charge < -0.3 is 15.7 Å². The van der Waals surface area contributed by atoms with Gasteiger partial charge >= 0.3 is 0 Å². The Morgan fingerprint density at radius 1 is 1.20 bits per heavy atom. The Labute approximate surface area is 118 Å². The van der Waals surface area contributed by atoms with Crippen LogP contribution in [0.4, 0.5) is 11.4 Å². The predicted molar refractivity (Wildman–Crippen MR) is 80.2 cm³/mol. The van der Waals surface area contributed by atoms with Crippen molar-refractivity contribution < 1.29 is 5.11 Å². The van der Waals surface area contributed by atoms with Crippen LogP contribution < -0.4 is 10.6 Å². The zero-order valence-corrected chi connectivity index (χ0v) is 11.3. The lowest BCUT2D eigenvalue weighted by Gasteiger charge is -2.24. The summed E-state index contributed by atoms with van der Waals surface area (Å²) in [5.41, 5.74) is 8.52. The Bertz CT molecular complexity index is 634. The van der Waals surface area contributed by atoms with Crippen molar-refractivity contribution in [3.05, 3.63) is 59.7 Å². The zero-order chi connectivity index (χ0) is 14.5. The smallest absolute Gasteiger partial charge is 0.101 e. The standard InChI is InChI=1S/C16H17N3O/c1-19(15-9-5-2-6-12(15)10-17)11-16(20)13-7-3-4-8-14(13)18/h2-9,16,20H,11,18H2,1H3. The normalized spacial score (nSPS) is 11.7. The highest BCUT2D eigenvalue weighted by Crippen LogP contribution is 2.24. The third-order valence-electron chi connectivity index (χ3n) is 3.24. The number of likely N-dealkylation sites (N-methyl/N-ethyl adjacent to an activating group) is 1. The van der Waals surface area contributed by atoms with Gasteiger partial charge in [0.15, 0.2) is 0 Å². The Hall–Kier alpha value is -2.51. The SMILES string of the molecule is CN(CC(O)c1ccccc1N)c1ccccc1C#N. The number of nitrogens with two attached hydrogens (primary N) is 1. The first-order valence-electron chi connectivity index (χ1n) is 6.36. The molecule has 0 fully saturated rings. The molecule has 0 aliphatic heterocycles. The molecule has 3 N–H and O–H groups in total. The molecule has 2 rings (SSSR count). The maximum atomic E-state index is 10.3. The van der Waals surface area contributed by atoms with Crippen LogP contribution in [0.1, 0.15) is 17.2 Å². The summed E-state index contributed by atoms with van der Waals surface area (Å²) in [7, 11) is 1.85. The van der Waals surface area contributed by atoms with Crippen LogP contribution in [0.25, 0.3) is 0 Å². The van der Waals surface area contributed by atoms with Crippen molar-refractivity contribution in [2.75, 3.05) is 24.2 Å². The third kappa shape index (κ3) is 2.90. The van der Waals surface area contributed by atoms with Gasteiger partial charge in [-0.25, -0.2) is 0 Å². The van der Waals surface area contributed by atoms with E-state index in [1.165, 1.54) is 0 Å². The second kappa shape index (κ2) is 6.09. The fourth-order valence-corrected chi connectivity index (χ4v) is 2.17. The van der Waals surface area contributed by atoms with E-state index in [9.17, 15) is 5.11 Å². The average Bonchev–Trinajstić information content (AvgIpc) is 2.47. The van der Waals surface area contributed by atoms with Crippen molar-refractivity contribution >= 4 is 11.4 Å². The van der Waals surface area contributed by atoms with Gasteiger partial charge in [0.2, 0.25) is 0 Å². The molecule has 4 nitrogen and oxygen atoms in total. The van der Waals surface area contributed by atoms with Crippen LogP contribution in [0.5, 0.6) is 0 Å². The van der Waals surface area contributed by atoms with Crippen molar-refractivity contribution in [3.63, 3.8) is 0 Å². The minimum Gasteiger partial charge on any atom is -0.398 e. The topological polar surface area (TPSA) is 73.3 Å². The number of rotatable bonds is 4. The highest BCUT2D eigenvalue weighted by atomic mass is 16.3. The molecule has 20 heavy (non-hydrogen) atoms. The summed E-state index contributed by atoms with van der Waals surface area (Å²) in [6.07, 6.45) is -0.701. The van der Waals surface area contributed by atoms with Gasteiger partial charge in [0.25, 0.3) is 0 Å². The second-order valence-corrected chi connectivity index (χ2v) is 4.65. The molecule has 0 amide bonds. The van der Waals surface area contributed by atoms with Crippen LogP contribution in [0.3, 0.4) is 0 Å². The Balaban J connectivity index is 2.18. The van der Waals surface area contributed by atoms with E-state index >= 15 is 0 Å². The molecule has 0 bridgehead atoms. The van der Waals surface area contributed by atoms with Gasteiger partial charge in [-0.1, -0.05) is 30.3 Å². The maximum Gasteiger partial charge on any atom is 0.101 e. The van der Waals surface area contributed by atoms with E-state index in [0.717, 1.165) is 5.69 Å². The van der Waals surface area contributed by atoms with E-state index in [1.807, 2.05) is 48.3 Å². The molecule has 102 valence electrons. The summed E-state index contributed by atoms with van der Waals surface area (Å²) in [5, 5.41) is 19.4. The van der Waals surface area contributed by atoms with Gasteiger partial charge in [-0.15, -0.1) is 0 Å². The second-order valence-electron chi connectivity index (χ2n) is 4.65. The summed E-state index contributed by atoms with van der Waals surface area (Å²) in [6.45, 7) is 0.368. The van der Waals surface area contributed by atoms with Crippen molar-refractivity contribution in [1.29, 1.82) is 5.26 Å². The molecular weight excluding hydrogens is 250 g/mol. The summed E-state index contributed by atoms with van der Waals surface area (Å²) >= 11 is 0. The van der Waals surface area contributed by atoms with E-state index in [4.69, 9.17) is 11.0 Å². The molecule has 1 atom stereocenters. The van der Waals surface area contributed by atoms with Crippen LogP contribution in [-0.4, -0.2) is 18.7 Å². The number of nitriles is 1. The quantitative estimate of drug-likeness (QED) is 0.834. The van der Waals surface area contributed by atoms with Crippen LogP contribution in [0, 0.1) is 11.3 Å². The largest absolute Gasteiger partial charge is 0.398 e. The van der Waals surface area contributed by atoms with Gasteiger partial charge in [0.05, 0.1) is 17.4 Å². The summed E-state index contributed by atoms with van der Waals surface area (Å²) in [6, 6.07) is 16.7. The van der Waals surface area contributed by atoms with Gasteiger partial charge in [0, 0.05) is 24.8 Å². The summed E-state index contributed by atoms with van der Waals surface area (Å²) in [4.78, 5) is 1.86. The lowest BCUT2D eigenvalue weighted by atomic mass is 10.1. The van der Waals surface area contributed by atoms with E-state index in [-0.39, 0.29) is 0 Å². The molecule has 0 heterocycles. The molecule has 4 heteroatoms. The van der Waals surface area contributed by atoms with Crippen molar-refractivity contribution in [2.45, 2.75) is 6.10 Å². The number of aliphatic hydroxyl groups is 1. The Morgan fingerprint density at radius 2 is 1.85 bits per heavy atom. The highest BCUT2D eigenvalue weighted by molar-refractivity contribution is 5.59. The number of nitrogens with zero attached hydrogens (tertiary/aromatic N) is 2. The molecule has 0 radical (unpaired) electrons. The fourth-order valence-electron chi connectivity index (χ4n) is 2.17.